The Morgan fingerprint density at radius 2 is 2.11 bits per heavy atom. The highest BCUT2D eigenvalue weighted by Crippen LogP contribution is 2.40. The number of hydrogen-bond donors (Lipinski definition) is 2. The number of carbonyl (C=O) groups excluding carboxylic acids is 1. The molecule has 0 aliphatic heterocycles. The molecule has 1 rings (SSSR count). The summed E-state index contributed by atoms with van der Waals surface area (Å²) >= 11 is 6.10. The monoisotopic (exact) mass is 401 g/mol. The van der Waals surface area contributed by atoms with Crippen LogP contribution in [-0.2, 0) is 9.53 Å². The number of alkyl halides is 2. The van der Waals surface area contributed by atoms with Gasteiger partial charge in [-0.1, -0.05) is 15.9 Å². The first-order chi connectivity index (χ1) is 8.71. The Balaban J connectivity index is 3.19. The predicted octanol–water partition coefficient (Wildman–Crippen LogP) is 3.12. The van der Waals surface area contributed by atoms with Gasteiger partial charge in [0.25, 0.3) is 0 Å². The molecule has 0 amide bonds. The molecule has 106 valence electrons. The number of halogens is 4. The van der Waals surface area contributed by atoms with Crippen molar-refractivity contribution in [1.82, 2.24) is 0 Å². The molecule has 1 aromatic carbocycles. The molecule has 0 unspecified atom stereocenters. The van der Waals surface area contributed by atoms with Crippen LogP contribution in [0.25, 0.3) is 0 Å². The van der Waals surface area contributed by atoms with Crippen LogP contribution in [0.15, 0.2) is 21.1 Å². The summed E-state index contributed by atoms with van der Waals surface area (Å²) in [4.78, 5) is 11.2. The number of nitrogens with two attached hydrogens (primary N) is 1. The van der Waals surface area contributed by atoms with Gasteiger partial charge in [0, 0.05) is 10.0 Å². The predicted molar refractivity (Wildman–Crippen MR) is 72.0 cm³/mol. The van der Waals surface area contributed by atoms with E-state index in [1.54, 1.807) is 0 Å². The lowest BCUT2D eigenvalue weighted by Gasteiger charge is -2.23. The molecule has 0 saturated heterocycles. The van der Waals surface area contributed by atoms with E-state index in [-0.39, 0.29) is 16.6 Å². The zero-order valence-corrected chi connectivity index (χ0v) is 13.0. The van der Waals surface area contributed by atoms with E-state index in [1.165, 1.54) is 19.1 Å². The van der Waals surface area contributed by atoms with Crippen molar-refractivity contribution < 1.29 is 23.4 Å². The molecule has 0 fully saturated rings. The molecule has 4 nitrogen and oxygen atoms in total. The first kappa shape index (κ1) is 16.3. The van der Waals surface area contributed by atoms with Crippen molar-refractivity contribution in [3.05, 3.63) is 26.6 Å². The maximum Gasteiger partial charge on any atom is 0.379 e. The summed E-state index contributed by atoms with van der Waals surface area (Å²) in [6.07, 6.45) is 0. The molecule has 1 atom stereocenters. The smallest absolute Gasteiger partial charge is 0.379 e. The second-order valence-corrected chi connectivity index (χ2v) is 5.42. The minimum absolute atomic E-state index is 0.185. The number of aromatic hydroxyl groups is 1. The molecule has 0 heterocycles. The van der Waals surface area contributed by atoms with Crippen molar-refractivity contribution in [2.45, 2.75) is 18.9 Å². The van der Waals surface area contributed by atoms with Crippen molar-refractivity contribution in [3.63, 3.8) is 0 Å². The average Bonchev–Trinajstić information content (AvgIpc) is 2.33. The van der Waals surface area contributed by atoms with Gasteiger partial charge >= 0.3 is 11.9 Å². The van der Waals surface area contributed by atoms with E-state index in [1.807, 2.05) is 0 Å². The third-order valence-electron chi connectivity index (χ3n) is 2.33. The molecule has 0 spiro atoms. The van der Waals surface area contributed by atoms with Crippen LogP contribution in [0.3, 0.4) is 0 Å². The van der Waals surface area contributed by atoms with E-state index >= 15 is 0 Å². The highest BCUT2D eigenvalue weighted by Gasteiger charge is 2.48. The van der Waals surface area contributed by atoms with Crippen LogP contribution in [0.2, 0.25) is 0 Å². The Morgan fingerprint density at radius 1 is 1.53 bits per heavy atom. The van der Waals surface area contributed by atoms with E-state index in [0.29, 0.717) is 4.47 Å². The third kappa shape index (κ3) is 3.43. The zero-order valence-electron chi connectivity index (χ0n) is 9.79. The van der Waals surface area contributed by atoms with Crippen molar-refractivity contribution in [2.75, 3.05) is 6.61 Å². The maximum atomic E-state index is 13.8. The fraction of sp³-hybridized carbons (Fsp3) is 0.364. The number of benzene rings is 1. The zero-order chi connectivity index (χ0) is 14.8. The number of phenols is 1. The fourth-order valence-corrected chi connectivity index (χ4v) is 2.63. The van der Waals surface area contributed by atoms with Crippen LogP contribution in [0, 0.1) is 0 Å². The SMILES string of the molecule is CCOC(=O)C(F)(F)[C@@H](N)c1cc(Br)cc(Br)c1O. The quantitative estimate of drug-likeness (QED) is 0.759. The Kier molecular flexibility index (Phi) is 5.28. The first-order valence-corrected chi connectivity index (χ1v) is 6.78. The van der Waals surface area contributed by atoms with Gasteiger partial charge in [0.15, 0.2) is 0 Å². The number of rotatable bonds is 4. The Labute approximate surface area is 125 Å². The molecule has 0 saturated carbocycles. The van der Waals surface area contributed by atoms with Crippen LogP contribution in [0.5, 0.6) is 5.75 Å². The van der Waals surface area contributed by atoms with Gasteiger partial charge in [-0.05, 0) is 35.0 Å². The first-order valence-electron chi connectivity index (χ1n) is 5.20. The lowest BCUT2D eigenvalue weighted by Crippen LogP contribution is -2.41. The average molecular weight is 403 g/mol. The van der Waals surface area contributed by atoms with Gasteiger partial charge in [0.05, 0.1) is 11.1 Å². The van der Waals surface area contributed by atoms with Crippen LogP contribution in [0.1, 0.15) is 18.5 Å². The molecule has 8 heteroatoms. The van der Waals surface area contributed by atoms with Gasteiger partial charge in [-0.3, -0.25) is 0 Å². The molecule has 1 aromatic rings. The lowest BCUT2D eigenvalue weighted by molar-refractivity contribution is -0.174. The van der Waals surface area contributed by atoms with Gasteiger partial charge in [-0.25, -0.2) is 4.79 Å². The summed E-state index contributed by atoms with van der Waals surface area (Å²) in [6.45, 7) is 1.22. The summed E-state index contributed by atoms with van der Waals surface area (Å²) < 4.78 is 32.5. The number of carbonyl (C=O) groups is 1. The standard InChI is InChI=1S/C11H11Br2F2NO3/c1-2-19-10(18)11(14,15)9(16)6-3-5(12)4-7(13)8(6)17/h3-4,9,17H,2,16H2,1H3/t9-/m0/s1. The van der Waals surface area contributed by atoms with Gasteiger partial charge in [-0.15, -0.1) is 0 Å². The molecule has 0 aromatic heterocycles. The number of hydrogen-bond acceptors (Lipinski definition) is 4. The van der Waals surface area contributed by atoms with Gasteiger partial charge < -0.3 is 15.6 Å². The van der Waals surface area contributed by atoms with Crippen LogP contribution in [0.4, 0.5) is 8.78 Å². The van der Waals surface area contributed by atoms with Gasteiger partial charge in [0.2, 0.25) is 0 Å². The fourth-order valence-electron chi connectivity index (χ4n) is 1.37. The van der Waals surface area contributed by atoms with Crippen molar-refractivity contribution >= 4 is 37.8 Å². The second-order valence-electron chi connectivity index (χ2n) is 3.65. The third-order valence-corrected chi connectivity index (χ3v) is 3.39. The summed E-state index contributed by atoms with van der Waals surface area (Å²) in [6, 6.07) is 0.673. The van der Waals surface area contributed by atoms with Gasteiger partial charge in [-0.2, -0.15) is 8.78 Å². The Bertz CT molecular complexity index is 497. The van der Waals surface area contributed by atoms with E-state index in [4.69, 9.17) is 5.73 Å². The Hall–Kier alpha value is -0.730. The van der Waals surface area contributed by atoms with Gasteiger partial charge in [0.1, 0.15) is 11.8 Å². The van der Waals surface area contributed by atoms with E-state index < -0.39 is 23.7 Å². The lowest BCUT2D eigenvalue weighted by atomic mass is 10.0. The Morgan fingerprint density at radius 3 is 2.63 bits per heavy atom. The largest absolute Gasteiger partial charge is 0.506 e. The highest BCUT2D eigenvalue weighted by atomic mass is 79.9. The van der Waals surface area contributed by atoms with Crippen molar-refractivity contribution in [3.8, 4) is 5.75 Å². The second kappa shape index (κ2) is 6.15. The molecular formula is C11H11Br2F2NO3. The molecule has 0 aliphatic rings. The molecule has 19 heavy (non-hydrogen) atoms. The minimum atomic E-state index is -3.94. The maximum absolute atomic E-state index is 13.8. The summed E-state index contributed by atoms with van der Waals surface area (Å²) in [5.74, 6) is -6.11. The number of esters is 1. The van der Waals surface area contributed by atoms with Crippen molar-refractivity contribution in [2.24, 2.45) is 5.73 Å². The van der Waals surface area contributed by atoms with E-state index in [0.717, 1.165) is 0 Å². The van der Waals surface area contributed by atoms with E-state index in [9.17, 15) is 18.7 Å². The van der Waals surface area contributed by atoms with Crippen molar-refractivity contribution in [1.29, 1.82) is 0 Å². The molecule has 0 bridgehead atoms. The number of ether oxygens (including phenoxy) is 1. The topological polar surface area (TPSA) is 72.5 Å². The van der Waals surface area contributed by atoms with Crippen LogP contribution >= 0.6 is 31.9 Å². The molecule has 3 N–H and O–H groups in total. The summed E-state index contributed by atoms with van der Waals surface area (Å²) in [5, 5.41) is 9.73. The van der Waals surface area contributed by atoms with Crippen LogP contribution < -0.4 is 5.73 Å². The summed E-state index contributed by atoms with van der Waals surface area (Å²) in [5.41, 5.74) is 5.13. The molecule has 0 radical (unpaired) electrons. The highest BCUT2D eigenvalue weighted by molar-refractivity contribution is 9.11. The molecule has 0 aliphatic carbocycles. The minimum Gasteiger partial charge on any atom is -0.506 e. The normalized spacial score (nSPS) is 13.2. The van der Waals surface area contributed by atoms with E-state index in [2.05, 4.69) is 36.6 Å². The summed E-state index contributed by atoms with van der Waals surface area (Å²) in [7, 11) is 0. The number of phenolic OH excluding ortho intramolecular Hbond substituents is 1. The van der Waals surface area contributed by atoms with Crippen LogP contribution in [-0.4, -0.2) is 23.6 Å². The molecular weight excluding hydrogens is 392 g/mol.